The summed E-state index contributed by atoms with van der Waals surface area (Å²) in [7, 11) is 0. The Hall–Kier alpha value is -1.40. The minimum absolute atomic E-state index is 0.224. The van der Waals surface area contributed by atoms with E-state index < -0.39 is 0 Å². The first-order valence-electron chi connectivity index (χ1n) is 7.98. The van der Waals surface area contributed by atoms with Crippen LogP contribution in [0.15, 0.2) is 29.6 Å². The molecule has 0 saturated carbocycles. The van der Waals surface area contributed by atoms with Crippen molar-refractivity contribution in [3.05, 3.63) is 40.1 Å². The highest BCUT2D eigenvalue weighted by Crippen LogP contribution is 2.42. The Morgan fingerprint density at radius 3 is 2.68 bits per heavy atom. The topological polar surface area (TPSA) is 48.1 Å². The molecular weight excluding hydrogens is 292 g/mol. The van der Waals surface area contributed by atoms with Crippen LogP contribution in [0.25, 0.3) is 11.1 Å². The van der Waals surface area contributed by atoms with E-state index in [-0.39, 0.29) is 6.17 Å². The zero-order chi connectivity index (χ0) is 14.9. The Morgan fingerprint density at radius 1 is 1.14 bits per heavy atom. The van der Waals surface area contributed by atoms with E-state index in [9.17, 15) is 0 Å². The molecule has 1 atom stereocenters. The van der Waals surface area contributed by atoms with Crippen LogP contribution in [0.1, 0.15) is 29.4 Å². The lowest BCUT2D eigenvalue weighted by atomic mass is 10.0. The standard InChI is InChI=1S/C17H22N4S/c1-11-2-4-12(5-3-11)14-10-22-16-15(14)20-21-17(16)19-13-6-8-18-9-7-13/h2-5,10,13,17-21H,6-9H2,1H3. The number of anilines is 1. The number of hydrazine groups is 1. The van der Waals surface area contributed by atoms with E-state index in [1.165, 1.54) is 40.1 Å². The molecule has 2 aliphatic heterocycles. The summed E-state index contributed by atoms with van der Waals surface area (Å²) in [5.41, 5.74) is 11.9. The number of hydrogen-bond donors (Lipinski definition) is 4. The Labute approximate surface area is 135 Å². The van der Waals surface area contributed by atoms with E-state index in [0.717, 1.165) is 13.1 Å². The normalized spacial score (nSPS) is 21.6. The molecule has 0 aliphatic carbocycles. The van der Waals surface area contributed by atoms with Crippen molar-refractivity contribution in [3.8, 4) is 11.1 Å². The van der Waals surface area contributed by atoms with Crippen LogP contribution in [-0.4, -0.2) is 19.1 Å². The fourth-order valence-electron chi connectivity index (χ4n) is 3.21. The van der Waals surface area contributed by atoms with E-state index >= 15 is 0 Å². The second-order valence-electron chi connectivity index (χ2n) is 6.15. The highest BCUT2D eigenvalue weighted by atomic mass is 32.1. The molecular formula is C17H22N4S. The summed E-state index contributed by atoms with van der Waals surface area (Å²) in [5.74, 6) is 0. The Bertz CT molecular complexity index is 643. The lowest BCUT2D eigenvalue weighted by Crippen LogP contribution is -2.44. The van der Waals surface area contributed by atoms with Gasteiger partial charge in [-0.15, -0.1) is 11.3 Å². The number of benzene rings is 1. The summed E-state index contributed by atoms with van der Waals surface area (Å²) in [6, 6.07) is 9.34. The molecule has 0 spiro atoms. The maximum Gasteiger partial charge on any atom is 0.112 e. The first-order chi connectivity index (χ1) is 10.8. The molecule has 4 rings (SSSR count). The summed E-state index contributed by atoms with van der Waals surface area (Å²) in [6.07, 6.45) is 2.62. The number of aryl methyl sites for hydroxylation is 1. The predicted octanol–water partition coefficient (Wildman–Crippen LogP) is 2.99. The van der Waals surface area contributed by atoms with E-state index in [2.05, 4.69) is 58.1 Å². The smallest absolute Gasteiger partial charge is 0.112 e. The molecule has 116 valence electrons. The number of fused-ring (bicyclic) bond motifs is 1. The van der Waals surface area contributed by atoms with Crippen LogP contribution in [0.3, 0.4) is 0 Å². The van der Waals surface area contributed by atoms with Gasteiger partial charge in [-0.25, -0.2) is 5.43 Å². The number of hydrogen-bond acceptors (Lipinski definition) is 5. The van der Waals surface area contributed by atoms with Gasteiger partial charge in [0.15, 0.2) is 0 Å². The molecule has 5 heteroatoms. The number of rotatable bonds is 3. The molecule has 1 unspecified atom stereocenters. The molecule has 1 aromatic carbocycles. The molecule has 22 heavy (non-hydrogen) atoms. The van der Waals surface area contributed by atoms with E-state index in [1.54, 1.807) is 0 Å². The minimum Gasteiger partial charge on any atom is -0.318 e. The Balaban J connectivity index is 1.54. The molecule has 2 aromatic rings. The second-order valence-corrected chi connectivity index (χ2v) is 7.06. The van der Waals surface area contributed by atoms with Gasteiger partial charge in [0, 0.05) is 17.0 Å². The van der Waals surface area contributed by atoms with Crippen LogP contribution in [0.5, 0.6) is 0 Å². The van der Waals surface area contributed by atoms with Gasteiger partial charge in [0.2, 0.25) is 0 Å². The van der Waals surface area contributed by atoms with E-state index in [4.69, 9.17) is 0 Å². The van der Waals surface area contributed by atoms with Gasteiger partial charge in [0.05, 0.1) is 10.6 Å². The van der Waals surface area contributed by atoms with Gasteiger partial charge < -0.3 is 10.7 Å². The van der Waals surface area contributed by atoms with Gasteiger partial charge >= 0.3 is 0 Å². The van der Waals surface area contributed by atoms with Gasteiger partial charge in [0.1, 0.15) is 6.17 Å². The van der Waals surface area contributed by atoms with Gasteiger partial charge in [-0.2, -0.15) is 0 Å². The van der Waals surface area contributed by atoms with Crippen LogP contribution in [0, 0.1) is 6.92 Å². The lowest BCUT2D eigenvalue weighted by Gasteiger charge is -2.26. The molecule has 1 fully saturated rings. The molecule has 4 nitrogen and oxygen atoms in total. The van der Waals surface area contributed by atoms with Crippen molar-refractivity contribution in [1.29, 1.82) is 0 Å². The molecule has 4 N–H and O–H groups in total. The van der Waals surface area contributed by atoms with Crippen molar-refractivity contribution in [2.24, 2.45) is 0 Å². The van der Waals surface area contributed by atoms with Crippen LogP contribution in [-0.2, 0) is 0 Å². The molecule has 0 bridgehead atoms. The SMILES string of the molecule is Cc1ccc(-c2csc3c2NNC3NC2CCNCC2)cc1. The molecule has 3 heterocycles. The largest absolute Gasteiger partial charge is 0.318 e. The third-order valence-electron chi connectivity index (χ3n) is 4.53. The van der Waals surface area contributed by atoms with Gasteiger partial charge in [-0.1, -0.05) is 29.8 Å². The average Bonchev–Trinajstić information content (AvgIpc) is 3.13. The summed E-state index contributed by atoms with van der Waals surface area (Å²) in [4.78, 5) is 1.37. The van der Waals surface area contributed by atoms with Gasteiger partial charge in [-0.05, 0) is 38.4 Å². The van der Waals surface area contributed by atoms with E-state index in [0.29, 0.717) is 6.04 Å². The van der Waals surface area contributed by atoms with Gasteiger partial charge in [0.25, 0.3) is 0 Å². The van der Waals surface area contributed by atoms with Crippen molar-refractivity contribution < 1.29 is 0 Å². The summed E-state index contributed by atoms with van der Waals surface area (Å²) < 4.78 is 0. The number of piperidine rings is 1. The highest BCUT2D eigenvalue weighted by molar-refractivity contribution is 7.11. The number of thiophene rings is 1. The molecule has 2 aliphatic rings. The fraction of sp³-hybridized carbons (Fsp3) is 0.412. The van der Waals surface area contributed by atoms with Crippen molar-refractivity contribution >= 4 is 17.0 Å². The molecule has 1 aromatic heterocycles. The zero-order valence-electron chi connectivity index (χ0n) is 12.8. The Kier molecular flexibility index (Phi) is 3.88. The quantitative estimate of drug-likeness (QED) is 0.703. The van der Waals surface area contributed by atoms with Crippen molar-refractivity contribution in [3.63, 3.8) is 0 Å². The first-order valence-corrected chi connectivity index (χ1v) is 8.86. The Morgan fingerprint density at radius 2 is 1.91 bits per heavy atom. The van der Waals surface area contributed by atoms with Crippen LogP contribution < -0.4 is 21.5 Å². The summed E-state index contributed by atoms with van der Waals surface area (Å²) in [5, 5.41) is 9.42. The monoisotopic (exact) mass is 314 g/mol. The van der Waals surface area contributed by atoms with Crippen molar-refractivity contribution in [2.75, 3.05) is 18.5 Å². The third kappa shape index (κ3) is 2.65. The molecule has 0 radical (unpaired) electrons. The van der Waals surface area contributed by atoms with Crippen molar-refractivity contribution in [1.82, 2.24) is 16.1 Å². The minimum atomic E-state index is 0.224. The fourth-order valence-corrected chi connectivity index (χ4v) is 4.25. The lowest BCUT2D eigenvalue weighted by molar-refractivity contribution is 0.339. The average molecular weight is 314 g/mol. The van der Waals surface area contributed by atoms with Crippen molar-refractivity contribution in [2.45, 2.75) is 32.0 Å². The second kappa shape index (κ2) is 6.01. The predicted molar refractivity (Wildman–Crippen MR) is 93.0 cm³/mol. The third-order valence-corrected chi connectivity index (χ3v) is 5.57. The van der Waals surface area contributed by atoms with E-state index in [1.807, 2.05) is 11.3 Å². The highest BCUT2D eigenvalue weighted by Gasteiger charge is 2.28. The molecule has 0 amide bonds. The number of nitrogens with one attached hydrogen (secondary N) is 4. The van der Waals surface area contributed by atoms with Crippen LogP contribution in [0.4, 0.5) is 5.69 Å². The zero-order valence-corrected chi connectivity index (χ0v) is 13.6. The summed E-state index contributed by atoms with van der Waals surface area (Å²) in [6.45, 7) is 4.36. The molecule has 1 saturated heterocycles. The van der Waals surface area contributed by atoms with Crippen LogP contribution in [0.2, 0.25) is 0 Å². The van der Waals surface area contributed by atoms with Gasteiger partial charge in [-0.3, -0.25) is 5.32 Å². The van der Waals surface area contributed by atoms with Crippen LogP contribution >= 0.6 is 11.3 Å². The maximum absolute atomic E-state index is 3.74. The maximum atomic E-state index is 3.74. The summed E-state index contributed by atoms with van der Waals surface area (Å²) >= 11 is 1.83. The first kappa shape index (κ1) is 14.2.